The summed E-state index contributed by atoms with van der Waals surface area (Å²) in [5.41, 5.74) is 15.1. The summed E-state index contributed by atoms with van der Waals surface area (Å²) in [6.07, 6.45) is 1.69. The van der Waals surface area contributed by atoms with E-state index in [2.05, 4.69) is 174 Å². The maximum Gasteiger partial charge on any atom is 0.00541 e. The van der Waals surface area contributed by atoms with Gasteiger partial charge in [-0.15, -0.1) is 0 Å². The lowest BCUT2D eigenvalue weighted by atomic mass is 9.40. The fourth-order valence-electron chi connectivity index (χ4n) is 9.97. The molecular weight excluding hydrogens is 633 g/mol. The molecule has 0 radical (unpaired) electrons. The van der Waals surface area contributed by atoms with Crippen molar-refractivity contribution in [3.8, 4) is 11.1 Å². The second kappa shape index (κ2) is 13.1. The Morgan fingerprint density at radius 3 is 1.69 bits per heavy atom. The van der Waals surface area contributed by atoms with Crippen molar-refractivity contribution in [3.63, 3.8) is 0 Å². The quantitative estimate of drug-likeness (QED) is 0.172. The Morgan fingerprint density at radius 1 is 0.647 bits per heavy atom. The maximum atomic E-state index is 3.53. The van der Waals surface area contributed by atoms with Crippen molar-refractivity contribution in [2.24, 2.45) is 5.41 Å². The first-order chi connectivity index (χ1) is 24.1. The first-order valence-electron chi connectivity index (χ1n) is 19.2. The molecule has 3 unspecified atom stereocenters. The average molecular weight is 693 g/mol. The van der Waals surface area contributed by atoms with Crippen LogP contribution in [0.15, 0.2) is 84.9 Å². The molecule has 0 N–H and O–H groups in total. The standard InChI is InChI=1S/C47H50.C2H6.CH4S/c1-26-20-30-16-12-14-18-32(30)22-35(26)39-29(4)43-42-41-37(24-34(25-38(39)41)45(5,6)7)28(3)40(44(42)47(43,11)46(8,9)10)36-23-33-19-15-13-17-31(33)21-27(36)2;2*1-2/h12-25,28,40,44H,1-11H3;1-2H3;2H,1H3/t28?,40?,44?,47-;;/m0../s1. The fraction of sp³-hybridized carbons (Fsp3) is 0.400. The number of hydrogen-bond donors (Lipinski definition) is 1. The number of rotatable bonds is 2. The van der Waals surface area contributed by atoms with E-state index in [1.807, 2.05) is 13.8 Å². The highest BCUT2D eigenvalue weighted by Gasteiger charge is 2.62. The summed E-state index contributed by atoms with van der Waals surface area (Å²) in [5, 5.41) is 8.35. The highest BCUT2D eigenvalue weighted by atomic mass is 32.1. The lowest BCUT2D eigenvalue weighted by Gasteiger charge is -2.63. The van der Waals surface area contributed by atoms with Crippen molar-refractivity contribution in [1.29, 1.82) is 0 Å². The summed E-state index contributed by atoms with van der Waals surface area (Å²) in [4.78, 5) is 0. The van der Waals surface area contributed by atoms with Crippen LogP contribution in [-0.2, 0) is 10.8 Å². The molecule has 0 saturated carbocycles. The van der Waals surface area contributed by atoms with E-state index < -0.39 is 0 Å². The smallest absolute Gasteiger partial charge is 0.00541 e. The fourth-order valence-corrected chi connectivity index (χ4v) is 9.97. The molecule has 1 heteroatoms. The molecule has 6 aromatic carbocycles. The SMILES string of the molecule is CC.CS.Cc1cc2ccccc2cc1-c1c(C)c2c3c4c(cc(C(C)(C)C)cc14)C(C)C(c1cc4ccccc4cc1C)C3[C@@]2(C)C(C)(C)C. The van der Waals surface area contributed by atoms with E-state index in [1.54, 1.807) is 28.3 Å². The van der Waals surface area contributed by atoms with Crippen LogP contribution in [0.2, 0.25) is 0 Å². The van der Waals surface area contributed by atoms with Crippen LogP contribution in [0.5, 0.6) is 0 Å². The number of hydrogen-bond acceptors (Lipinski definition) is 1. The maximum absolute atomic E-state index is 3.53. The van der Waals surface area contributed by atoms with E-state index in [4.69, 9.17) is 0 Å². The average Bonchev–Trinajstić information content (AvgIpc) is 3.09. The van der Waals surface area contributed by atoms with E-state index >= 15 is 0 Å². The Kier molecular flexibility index (Phi) is 9.59. The molecule has 0 saturated heterocycles. The Bertz CT molecular complexity index is 2290. The Balaban J connectivity index is 0.00000108. The summed E-state index contributed by atoms with van der Waals surface area (Å²) in [6, 6.07) is 32.8. The van der Waals surface area contributed by atoms with Gasteiger partial charge in [-0.1, -0.05) is 142 Å². The highest BCUT2D eigenvalue weighted by Crippen LogP contribution is 2.72. The van der Waals surface area contributed by atoms with Crippen molar-refractivity contribution in [2.45, 2.75) is 119 Å². The Labute approximate surface area is 314 Å². The molecular formula is C50H60S. The minimum atomic E-state index is 0.0253. The molecule has 0 nitrogen and oxygen atoms in total. The normalized spacial score (nSPS) is 20.7. The van der Waals surface area contributed by atoms with Gasteiger partial charge in [-0.25, -0.2) is 0 Å². The molecule has 2 aliphatic carbocycles. The van der Waals surface area contributed by atoms with Crippen molar-refractivity contribution in [3.05, 3.63) is 129 Å². The number of thiol groups is 1. The van der Waals surface area contributed by atoms with Gasteiger partial charge in [0.2, 0.25) is 0 Å². The molecule has 0 bridgehead atoms. The van der Waals surface area contributed by atoms with Gasteiger partial charge in [0.05, 0.1) is 0 Å². The van der Waals surface area contributed by atoms with Crippen LogP contribution in [0.3, 0.4) is 0 Å². The number of fused-ring (bicyclic) bond motifs is 2. The van der Waals surface area contributed by atoms with Crippen molar-refractivity contribution in [2.75, 3.05) is 6.26 Å². The Hall–Kier alpha value is -3.55. The lowest BCUT2D eigenvalue weighted by molar-refractivity contribution is 0.105. The second-order valence-electron chi connectivity index (χ2n) is 17.3. The number of aryl methyl sites for hydroxylation is 2. The molecule has 0 spiro atoms. The molecule has 0 amide bonds. The Morgan fingerprint density at radius 2 is 1.16 bits per heavy atom. The largest absolute Gasteiger partial charge is 0.183 e. The first kappa shape index (κ1) is 37.2. The van der Waals surface area contributed by atoms with Gasteiger partial charge in [0.15, 0.2) is 0 Å². The monoisotopic (exact) mass is 692 g/mol. The summed E-state index contributed by atoms with van der Waals surface area (Å²) < 4.78 is 0. The van der Waals surface area contributed by atoms with E-state index in [0.717, 1.165) is 0 Å². The topological polar surface area (TPSA) is 0 Å². The lowest BCUT2D eigenvalue weighted by Crippen LogP contribution is -2.55. The van der Waals surface area contributed by atoms with Crippen LogP contribution in [0.1, 0.15) is 131 Å². The zero-order chi connectivity index (χ0) is 37.4. The third-order valence-corrected chi connectivity index (χ3v) is 12.8. The van der Waals surface area contributed by atoms with Crippen LogP contribution in [0.4, 0.5) is 0 Å². The highest BCUT2D eigenvalue weighted by molar-refractivity contribution is 7.79. The second-order valence-corrected chi connectivity index (χ2v) is 17.3. The molecule has 51 heavy (non-hydrogen) atoms. The van der Waals surface area contributed by atoms with Gasteiger partial charge in [-0.05, 0) is 150 Å². The van der Waals surface area contributed by atoms with Gasteiger partial charge in [-0.3, -0.25) is 0 Å². The van der Waals surface area contributed by atoms with Gasteiger partial charge in [0.25, 0.3) is 0 Å². The zero-order valence-electron chi connectivity index (χ0n) is 33.8. The predicted octanol–water partition coefficient (Wildman–Crippen LogP) is 14.9. The third-order valence-electron chi connectivity index (χ3n) is 12.8. The van der Waals surface area contributed by atoms with Gasteiger partial charge in [0, 0.05) is 11.3 Å². The van der Waals surface area contributed by atoms with Gasteiger partial charge in [-0.2, -0.15) is 12.6 Å². The van der Waals surface area contributed by atoms with Gasteiger partial charge < -0.3 is 0 Å². The van der Waals surface area contributed by atoms with Gasteiger partial charge >= 0.3 is 0 Å². The van der Waals surface area contributed by atoms with Crippen LogP contribution >= 0.6 is 12.6 Å². The zero-order valence-corrected chi connectivity index (χ0v) is 34.7. The summed E-state index contributed by atoms with van der Waals surface area (Å²) in [5.74, 6) is 1.25. The molecule has 0 heterocycles. The predicted molar refractivity (Wildman–Crippen MR) is 231 cm³/mol. The van der Waals surface area contributed by atoms with Crippen LogP contribution in [-0.4, -0.2) is 6.26 Å². The molecule has 0 fully saturated rings. The summed E-state index contributed by atoms with van der Waals surface area (Å²) in [6.45, 7) is 30.9. The van der Waals surface area contributed by atoms with E-state index in [0.29, 0.717) is 17.8 Å². The molecule has 266 valence electrons. The minimum absolute atomic E-state index is 0.0253. The van der Waals surface area contributed by atoms with Crippen LogP contribution in [0, 0.1) is 26.2 Å². The van der Waals surface area contributed by atoms with Crippen molar-refractivity contribution in [1.82, 2.24) is 0 Å². The van der Waals surface area contributed by atoms with Crippen molar-refractivity contribution < 1.29 is 0 Å². The van der Waals surface area contributed by atoms with Crippen LogP contribution in [0.25, 0.3) is 43.4 Å². The van der Waals surface area contributed by atoms with Gasteiger partial charge in [0.1, 0.15) is 0 Å². The summed E-state index contributed by atoms with van der Waals surface area (Å²) >= 11 is 3.53. The molecule has 8 rings (SSSR count). The van der Waals surface area contributed by atoms with Crippen LogP contribution < -0.4 is 0 Å². The molecule has 6 aromatic rings. The molecule has 0 aromatic heterocycles. The molecule has 0 aliphatic heterocycles. The van der Waals surface area contributed by atoms with E-state index in [-0.39, 0.29) is 16.2 Å². The first-order valence-corrected chi connectivity index (χ1v) is 20.1. The molecule has 2 aliphatic rings. The van der Waals surface area contributed by atoms with E-state index in [9.17, 15) is 0 Å². The minimum Gasteiger partial charge on any atom is -0.183 e. The van der Waals surface area contributed by atoms with E-state index in [1.165, 1.54) is 65.9 Å². The van der Waals surface area contributed by atoms with Crippen molar-refractivity contribution >= 4 is 44.9 Å². The third kappa shape index (κ3) is 5.48. The number of benzene rings is 6. The summed E-state index contributed by atoms with van der Waals surface area (Å²) in [7, 11) is 0. The molecule has 4 atom stereocenters.